The van der Waals surface area contributed by atoms with Crippen molar-refractivity contribution in [2.24, 2.45) is 0 Å². The standard InChI is InChI=1S/C16H23NO2/c1-2-3-11-17(13-14-8-5-4-6-9-14)16(18)15-10-7-12-19-15/h4-6,8-9,15H,2-3,7,10-13H2,1H3/t15-/m0/s1. The third-order valence-electron chi connectivity index (χ3n) is 3.51. The Morgan fingerprint density at radius 1 is 1.37 bits per heavy atom. The minimum Gasteiger partial charge on any atom is -0.368 e. The fraction of sp³-hybridized carbons (Fsp3) is 0.562. The first-order chi connectivity index (χ1) is 9.31. The van der Waals surface area contributed by atoms with Crippen LogP contribution in [-0.4, -0.2) is 30.1 Å². The minimum atomic E-state index is -0.208. The molecule has 3 nitrogen and oxygen atoms in total. The predicted molar refractivity (Wildman–Crippen MR) is 75.7 cm³/mol. The molecule has 0 unspecified atom stereocenters. The normalized spacial score (nSPS) is 18.5. The highest BCUT2D eigenvalue weighted by molar-refractivity contribution is 5.81. The van der Waals surface area contributed by atoms with Gasteiger partial charge in [-0.3, -0.25) is 4.79 Å². The number of hydrogen-bond acceptors (Lipinski definition) is 2. The number of amides is 1. The first kappa shape index (κ1) is 14.1. The number of unbranched alkanes of at least 4 members (excludes halogenated alkanes) is 1. The summed E-state index contributed by atoms with van der Waals surface area (Å²) in [6.07, 6.45) is 3.82. The molecule has 0 N–H and O–H groups in total. The molecule has 1 amide bonds. The van der Waals surface area contributed by atoms with Gasteiger partial charge < -0.3 is 9.64 Å². The van der Waals surface area contributed by atoms with E-state index in [0.717, 1.165) is 38.8 Å². The summed E-state index contributed by atoms with van der Waals surface area (Å²) in [6.45, 7) is 4.39. The Bertz CT molecular complexity index is 385. The molecule has 1 atom stereocenters. The van der Waals surface area contributed by atoms with Crippen LogP contribution in [0.25, 0.3) is 0 Å². The van der Waals surface area contributed by atoms with Gasteiger partial charge in [-0.25, -0.2) is 0 Å². The molecule has 1 aliphatic rings. The van der Waals surface area contributed by atoms with Gasteiger partial charge >= 0.3 is 0 Å². The van der Waals surface area contributed by atoms with Gasteiger partial charge in [0, 0.05) is 19.7 Å². The lowest BCUT2D eigenvalue weighted by Crippen LogP contribution is -2.39. The van der Waals surface area contributed by atoms with Crippen LogP contribution >= 0.6 is 0 Å². The molecular weight excluding hydrogens is 238 g/mol. The summed E-state index contributed by atoms with van der Waals surface area (Å²) in [5.41, 5.74) is 1.19. The van der Waals surface area contributed by atoms with Crippen molar-refractivity contribution in [3.05, 3.63) is 35.9 Å². The van der Waals surface area contributed by atoms with Gasteiger partial charge in [-0.05, 0) is 24.8 Å². The molecule has 1 aromatic rings. The maximum absolute atomic E-state index is 12.5. The number of carbonyl (C=O) groups excluding carboxylic acids is 1. The number of ether oxygens (including phenoxy) is 1. The Hall–Kier alpha value is -1.35. The van der Waals surface area contributed by atoms with Crippen LogP contribution in [0.4, 0.5) is 0 Å². The molecule has 0 spiro atoms. The highest BCUT2D eigenvalue weighted by atomic mass is 16.5. The van der Waals surface area contributed by atoms with Crippen molar-refractivity contribution in [3.63, 3.8) is 0 Å². The second-order valence-corrected chi connectivity index (χ2v) is 5.10. The van der Waals surface area contributed by atoms with E-state index in [9.17, 15) is 4.79 Å². The fourth-order valence-corrected chi connectivity index (χ4v) is 2.40. The Balaban J connectivity index is 2.00. The first-order valence-electron chi connectivity index (χ1n) is 7.25. The zero-order valence-electron chi connectivity index (χ0n) is 11.7. The molecular formula is C16H23NO2. The van der Waals surface area contributed by atoms with Crippen LogP contribution in [0, 0.1) is 0 Å². The van der Waals surface area contributed by atoms with E-state index in [1.165, 1.54) is 5.56 Å². The molecule has 2 rings (SSSR count). The molecule has 1 fully saturated rings. The number of carbonyl (C=O) groups is 1. The fourth-order valence-electron chi connectivity index (χ4n) is 2.40. The Kier molecular flexibility index (Phi) is 5.40. The first-order valence-corrected chi connectivity index (χ1v) is 7.25. The summed E-state index contributed by atoms with van der Waals surface area (Å²) in [5, 5.41) is 0. The zero-order chi connectivity index (χ0) is 13.5. The van der Waals surface area contributed by atoms with Crippen molar-refractivity contribution in [3.8, 4) is 0 Å². The van der Waals surface area contributed by atoms with Crippen LogP contribution in [0.3, 0.4) is 0 Å². The van der Waals surface area contributed by atoms with Crippen LogP contribution in [0.15, 0.2) is 30.3 Å². The number of benzene rings is 1. The van der Waals surface area contributed by atoms with Crippen LogP contribution < -0.4 is 0 Å². The van der Waals surface area contributed by atoms with Gasteiger partial charge in [-0.15, -0.1) is 0 Å². The van der Waals surface area contributed by atoms with Gasteiger partial charge in [-0.2, -0.15) is 0 Å². The Labute approximate surface area is 115 Å². The monoisotopic (exact) mass is 261 g/mol. The molecule has 0 radical (unpaired) electrons. The van der Waals surface area contributed by atoms with Crippen molar-refractivity contribution >= 4 is 5.91 Å². The predicted octanol–water partition coefficient (Wildman–Crippen LogP) is 2.99. The Morgan fingerprint density at radius 3 is 2.79 bits per heavy atom. The largest absolute Gasteiger partial charge is 0.368 e. The molecule has 1 heterocycles. The Morgan fingerprint density at radius 2 is 2.16 bits per heavy atom. The quantitative estimate of drug-likeness (QED) is 0.788. The molecule has 0 bridgehead atoms. The summed E-state index contributed by atoms with van der Waals surface area (Å²) in [6, 6.07) is 10.2. The third kappa shape index (κ3) is 4.06. The van der Waals surface area contributed by atoms with Gasteiger partial charge in [0.1, 0.15) is 6.10 Å². The smallest absolute Gasteiger partial charge is 0.251 e. The minimum absolute atomic E-state index is 0.162. The summed E-state index contributed by atoms with van der Waals surface area (Å²) < 4.78 is 5.52. The van der Waals surface area contributed by atoms with Crippen LogP contribution in [-0.2, 0) is 16.1 Å². The maximum Gasteiger partial charge on any atom is 0.251 e. The van der Waals surface area contributed by atoms with Crippen molar-refractivity contribution in [2.75, 3.05) is 13.2 Å². The summed E-state index contributed by atoms with van der Waals surface area (Å²) >= 11 is 0. The lowest BCUT2D eigenvalue weighted by atomic mass is 10.1. The highest BCUT2D eigenvalue weighted by Gasteiger charge is 2.27. The van der Waals surface area contributed by atoms with Gasteiger partial charge in [0.05, 0.1) is 0 Å². The average molecular weight is 261 g/mol. The lowest BCUT2D eigenvalue weighted by molar-refractivity contribution is -0.141. The molecule has 1 aliphatic heterocycles. The SMILES string of the molecule is CCCCN(Cc1ccccc1)C(=O)[C@@H]1CCCO1. The third-order valence-corrected chi connectivity index (χ3v) is 3.51. The number of hydrogen-bond donors (Lipinski definition) is 0. The maximum atomic E-state index is 12.5. The number of rotatable bonds is 6. The summed E-state index contributed by atoms with van der Waals surface area (Å²) in [5.74, 6) is 0.162. The van der Waals surface area contributed by atoms with E-state index in [2.05, 4.69) is 19.1 Å². The van der Waals surface area contributed by atoms with E-state index in [4.69, 9.17) is 4.74 Å². The van der Waals surface area contributed by atoms with Crippen molar-refractivity contribution in [2.45, 2.75) is 45.3 Å². The van der Waals surface area contributed by atoms with Crippen molar-refractivity contribution in [1.82, 2.24) is 4.90 Å². The molecule has 0 aliphatic carbocycles. The molecule has 0 aromatic heterocycles. The van der Waals surface area contributed by atoms with Crippen molar-refractivity contribution in [1.29, 1.82) is 0 Å². The second kappa shape index (κ2) is 7.29. The van der Waals surface area contributed by atoms with Crippen LogP contribution in [0.2, 0.25) is 0 Å². The molecule has 3 heteroatoms. The van der Waals surface area contributed by atoms with E-state index in [1.807, 2.05) is 23.1 Å². The molecule has 104 valence electrons. The van der Waals surface area contributed by atoms with Gasteiger partial charge in [0.25, 0.3) is 5.91 Å². The topological polar surface area (TPSA) is 29.5 Å². The average Bonchev–Trinajstić information content (AvgIpc) is 2.98. The van der Waals surface area contributed by atoms with Crippen LogP contribution in [0.1, 0.15) is 38.2 Å². The molecule has 1 saturated heterocycles. The zero-order valence-corrected chi connectivity index (χ0v) is 11.7. The lowest BCUT2D eigenvalue weighted by Gasteiger charge is -2.25. The second-order valence-electron chi connectivity index (χ2n) is 5.10. The summed E-state index contributed by atoms with van der Waals surface area (Å²) in [7, 11) is 0. The van der Waals surface area contributed by atoms with Gasteiger partial charge in [-0.1, -0.05) is 43.7 Å². The van der Waals surface area contributed by atoms with E-state index in [-0.39, 0.29) is 12.0 Å². The summed E-state index contributed by atoms with van der Waals surface area (Å²) in [4.78, 5) is 14.4. The van der Waals surface area contributed by atoms with E-state index in [1.54, 1.807) is 0 Å². The van der Waals surface area contributed by atoms with E-state index in [0.29, 0.717) is 6.54 Å². The van der Waals surface area contributed by atoms with E-state index >= 15 is 0 Å². The van der Waals surface area contributed by atoms with Crippen molar-refractivity contribution < 1.29 is 9.53 Å². The molecule has 0 saturated carbocycles. The van der Waals surface area contributed by atoms with E-state index < -0.39 is 0 Å². The molecule has 1 aromatic carbocycles. The number of nitrogens with zero attached hydrogens (tertiary/aromatic N) is 1. The highest BCUT2D eigenvalue weighted by Crippen LogP contribution is 2.17. The van der Waals surface area contributed by atoms with Gasteiger partial charge in [0.15, 0.2) is 0 Å². The molecule has 19 heavy (non-hydrogen) atoms. The van der Waals surface area contributed by atoms with Crippen LogP contribution in [0.5, 0.6) is 0 Å². The van der Waals surface area contributed by atoms with Gasteiger partial charge in [0.2, 0.25) is 0 Å².